The number of benzene rings is 2. The fourth-order valence-electron chi connectivity index (χ4n) is 2.99. The molecular weight excluding hydrogens is 358 g/mol. The highest BCUT2D eigenvalue weighted by molar-refractivity contribution is 8.13. The normalized spacial score (nSPS) is 21.8. The minimum absolute atomic E-state index is 0.172. The summed E-state index contributed by atoms with van der Waals surface area (Å²) in [7, 11) is -3.77. The lowest BCUT2D eigenvalue weighted by atomic mass is 10.1. The SMILES string of the molecule is C=CC(c1ccc2ccccc2c1)S(=O)(=O)C1SCNC1C(=O)C=O. The minimum atomic E-state index is -3.77. The first-order valence-corrected chi connectivity index (χ1v) is 10.3. The van der Waals surface area contributed by atoms with Crippen LogP contribution in [-0.2, 0) is 19.4 Å². The summed E-state index contributed by atoms with van der Waals surface area (Å²) in [4.78, 5) is 22.6. The molecule has 0 saturated carbocycles. The molecule has 7 heteroatoms. The van der Waals surface area contributed by atoms with Crippen LogP contribution in [0.2, 0.25) is 0 Å². The molecule has 130 valence electrons. The van der Waals surface area contributed by atoms with E-state index in [0.717, 1.165) is 22.5 Å². The number of Topliss-reactive ketones (excluding diaryl/α,β-unsaturated/α-hetero) is 1. The van der Waals surface area contributed by atoms with E-state index in [-0.39, 0.29) is 6.29 Å². The Balaban J connectivity index is 2.02. The van der Waals surface area contributed by atoms with E-state index in [9.17, 15) is 18.0 Å². The number of hydrogen-bond donors (Lipinski definition) is 1. The molecule has 5 nitrogen and oxygen atoms in total. The second kappa shape index (κ2) is 7.11. The molecule has 1 aliphatic heterocycles. The van der Waals surface area contributed by atoms with Crippen molar-refractivity contribution in [2.75, 3.05) is 5.88 Å². The molecule has 0 spiro atoms. The lowest BCUT2D eigenvalue weighted by Crippen LogP contribution is -2.43. The number of aldehydes is 1. The molecule has 3 atom stereocenters. The maximum Gasteiger partial charge on any atom is 0.214 e. The molecule has 0 bridgehead atoms. The van der Waals surface area contributed by atoms with Crippen LogP contribution in [0.15, 0.2) is 55.1 Å². The molecule has 1 N–H and O–H groups in total. The molecule has 0 amide bonds. The Hall–Kier alpha value is -1.96. The van der Waals surface area contributed by atoms with Gasteiger partial charge in [0, 0.05) is 5.88 Å². The Kier molecular flexibility index (Phi) is 5.08. The van der Waals surface area contributed by atoms with E-state index >= 15 is 0 Å². The van der Waals surface area contributed by atoms with Gasteiger partial charge in [0.25, 0.3) is 0 Å². The maximum absolute atomic E-state index is 13.1. The number of ketones is 1. The van der Waals surface area contributed by atoms with Gasteiger partial charge in [0.2, 0.25) is 5.78 Å². The van der Waals surface area contributed by atoms with Crippen molar-refractivity contribution < 1.29 is 18.0 Å². The number of sulfone groups is 1. The molecular formula is C18H17NO4S2. The van der Waals surface area contributed by atoms with Gasteiger partial charge < -0.3 is 0 Å². The van der Waals surface area contributed by atoms with Crippen LogP contribution in [0.25, 0.3) is 10.8 Å². The van der Waals surface area contributed by atoms with Crippen molar-refractivity contribution in [2.24, 2.45) is 0 Å². The number of nitrogens with one attached hydrogen (secondary N) is 1. The van der Waals surface area contributed by atoms with E-state index in [0.29, 0.717) is 11.4 Å². The summed E-state index contributed by atoms with van der Waals surface area (Å²) in [6.07, 6.45) is 1.55. The van der Waals surface area contributed by atoms with Crippen molar-refractivity contribution in [1.29, 1.82) is 0 Å². The van der Waals surface area contributed by atoms with Gasteiger partial charge >= 0.3 is 0 Å². The Bertz CT molecular complexity index is 939. The topological polar surface area (TPSA) is 80.3 Å². The summed E-state index contributed by atoms with van der Waals surface area (Å²) >= 11 is 1.12. The van der Waals surface area contributed by atoms with Crippen molar-refractivity contribution in [3.63, 3.8) is 0 Å². The van der Waals surface area contributed by atoms with Gasteiger partial charge in [-0.15, -0.1) is 18.3 Å². The molecule has 25 heavy (non-hydrogen) atoms. The van der Waals surface area contributed by atoms with Crippen LogP contribution in [-0.4, -0.2) is 37.0 Å². The standard InChI is InChI=1S/C18H17NO4S2/c1-2-16(14-8-7-12-5-3-4-6-13(12)9-14)25(22,23)18-17(15(21)10-20)19-11-24-18/h2-10,16-19H,1,11H2. The quantitative estimate of drug-likeness (QED) is 0.474. The number of hydrogen-bond acceptors (Lipinski definition) is 6. The zero-order chi connectivity index (χ0) is 18.0. The predicted molar refractivity (Wildman–Crippen MR) is 100 cm³/mol. The predicted octanol–water partition coefficient (Wildman–Crippen LogP) is 2.24. The average Bonchev–Trinajstić information content (AvgIpc) is 3.12. The minimum Gasteiger partial charge on any atom is -0.296 e. The third-order valence-corrected chi connectivity index (χ3v) is 8.48. The van der Waals surface area contributed by atoms with Crippen LogP contribution in [0.1, 0.15) is 10.8 Å². The molecule has 0 aromatic heterocycles. The summed E-state index contributed by atoms with van der Waals surface area (Å²) in [5, 5.41) is 3.79. The largest absolute Gasteiger partial charge is 0.296 e. The zero-order valence-electron chi connectivity index (χ0n) is 13.3. The van der Waals surface area contributed by atoms with Crippen molar-refractivity contribution in [3.05, 3.63) is 60.7 Å². The van der Waals surface area contributed by atoms with E-state index in [4.69, 9.17) is 0 Å². The highest BCUT2D eigenvalue weighted by Gasteiger charge is 2.45. The van der Waals surface area contributed by atoms with Gasteiger partial charge in [-0.25, -0.2) is 8.42 Å². The van der Waals surface area contributed by atoms with Crippen molar-refractivity contribution in [2.45, 2.75) is 15.9 Å². The molecule has 1 fully saturated rings. The summed E-state index contributed by atoms with van der Waals surface area (Å²) < 4.78 is 25.2. The first kappa shape index (κ1) is 17.8. The molecule has 1 saturated heterocycles. The Labute approximate surface area is 150 Å². The van der Waals surface area contributed by atoms with Crippen LogP contribution >= 0.6 is 11.8 Å². The fourth-order valence-corrected chi connectivity index (χ4v) is 6.87. The Morgan fingerprint density at radius 3 is 2.64 bits per heavy atom. The fraction of sp³-hybridized carbons (Fsp3) is 0.222. The third-order valence-electron chi connectivity index (χ3n) is 4.24. The Morgan fingerprint density at radius 2 is 1.96 bits per heavy atom. The van der Waals surface area contributed by atoms with Gasteiger partial charge in [0.1, 0.15) is 15.9 Å². The summed E-state index contributed by atoms with van der Waals surface area (Å²) in [5.41, 5.74) is 0.596. The molecule has 2 aromatic rings. The van der Waals surface area contributed by atoms with Crippen molar-refractivity contribution >= 4 is 44.4 Å². The van der Waals surface area contributed by atoms with Gasteiger partial charge in [-0.1, -0.05) is 42.5 Å². The van der Waals surface area contributed by atoms with Crippen LogP contribution in [0.4, 0.5) is 0 Å². The van der Waals surface area contributed by atoms with Gasteiger partial charge in [-0.05, 0) is 22.4 Å². The Morgan fingerprint density at radius 1 is 1.24 bits per heavy atom. The van der Waals surface area contributed by atoms with E-state index in [1.807, 2.05) is 36.4 Å². The van der Waals surface area contributed by atoms with E-state index in [1.165, 1.54) is 6.08 Å². The number of rotatable bonds is 6. The second-order valence-corrected chi connectivity index (χ2v) is 9.36. The number of carbonyl (C=O) groups excluding carboxylic acids is 2. The van der Waals surface area contributed by atoms with Gasteiger partial charge in [0.15, 0.2) is 16.1 Å². The third kappa shape index (κ3) is 3.27. The smallest absolute Gasteiger partial charge is 0.214 e. The monoisotopic (exact) mass is 375 g/mol. The summed E-state index contributed by atoms with van der Waals surface area (Å²) in [5.74, 6) is -0.449. The van der Waals surface area contributed by atoms with Crippen LogP contribution in [0.5, 0.6) is 0 Å². The van der Waals surface area contributed by atoms with Crippen LogP contribution in [0, 0.1) is 0 Å². The molecule has 0 radical (unpaired) electrons. The first-order chi connectivity index (χ1) is 12.0. The van der Waals surface area contributed by atoms with Gasteiger partial charge in [-0.2, -0.15) is 0 Å². The van der Waals surface area contributed by atoms with E-state index in [2.05, 4.69) is 11.9 Å². The molecule has 3 rings (SSSR count). The van der Waals surface area contributed by atoms with Crippen LogP contribution in [0.3, 0.4) is 0 Å². The van der Waals surface area contributed by atoms with E-state index < -0.39 is 31.5 Å². The van der Waals surface area contributed by atoms with Crippen molar-refractivity contribution in [1.82, 2.24) is 5.32 Å². The number of thioether (sulfide) groups is 1. The van der Waals surface area contributed by atoms with Crippen molar-refractivity contribution in [3.8, 4) is 0 Å². The number of carbonyl (C=O) groups is 2. The lowest BCUT2D eigenvalue weighted by Gasteiger charge is -2.22. The van der Waals surface area contributed by atoms with Crippen LogP contribution < -0.4 is 5.32 Å². The zero-order valence-corrected chi connectivity index (χ0v) is 14.9. The second-order valence-electron chi connectivity index (χ2n) is 5.73. The van der Waals surface area contributed by atoms with Gasteiger partial charge in [0.05, 0.1) is 0 Å². The summed E-state index contributed by atoms with van der Waals surface area (Å²) in [6, 6.07) is 12.1. The average molecular weight is 375 g/mol. The summed E-state index contributed by atoms with van der Waals surface area (Å²) in [6.45, 7) is 3.68. The lowest BCUT2D eigenvalue weighted by molar-refractivity contribution is -0.130. The van der Waals surface area contributed by atoms with Gasteiger partial charge in [-0.3, -0.25) is 14.9 Å². The molecule has 1 aliphatic rings. The molecule has 2 aromatic carbocycles. The first-order valence-electron chi connectivity index (χ1n) is 7.67. The molecule has 3 unspecified atom stereocenters. The highest BCUT2D eigenvalue weighted by atomic mass is 32.3. The number of fused-ring (bicyclic) bond motifs is 1. The maximum atomic E-state index is 13.1. The molecule has 0 aliphatic carbocycles. The van der Waals surface area contributed by atoms with E-state index in [1.54, 1.807) is 6.07 Å². The highest BCUT2D eigenvalue weighted by Crippen LogP contribution is 2.37. The molecule has 1 heterocycles.